The fourth-order valence-electron chi connectivity index (χ4n) is 2.36. The first-order chi connectivity index (χ1) is 10.1. The number of aromatic nitrogens is 2. The lowest BCUT2D eigenvalue weighted by molar-refractivity contribution is 0.589. The molecule has 0 aromatic carbocycles. The molecule has 0 aliphatic heterocycles. The van der Waals surface area contributed by atoms with E-state index in [9.17, 15) is 0 Å². The molecule has 0 aliphatic carbocycles. The Hall–Kier alpha value is -1.17. The van der Waals surface area contributed by atoms with Crippen molar-refractivity contribution < 1.29 is 0 Å². The van der Waals surface area contributed by atoms with Crippen LogP contribution in [0.3, 0.4) is 0 Å². The van der Waals surface area contributed by atoms with Gasteiger partial charge in [0.05, 0.1) is 6.54 Å². The number of thiophene rings is 1. The number of pyridine rings is 1. The van der Waals surface area contributed by atoms with Crippen molar-refractivity contribution in [2.24, 2.45) is 0 Å². The quantitative estimate of drug-likeness (QED) is 0.727. The van der Waals surface area contributed by atoms with Crippen molar-refractivity contribution >= 4 is 38.3 Å². The minimum atomic E-state index is 0.478. The van der Waals surface area contributed by atoms with Crippen molar-refractivity contribution in [3.05, 3.63) is 50.9 Å². The molecular formula is C16H18BrN3S. The molecule has 3 aromatic rings. The van der Waals surface area contributed by atoms with Gasteiger partial charge in [0.1, 0.15) is 5.65 Å². The van der Waals surface area contributed by atoms with Crippen molar-refractivity contribution in [3.63, 3.8) is 0 Å². The van der Waals surface area contributed by atoms with E-state index in [4.69, 9.17) is 0 Å². The Bertz CT molecular complexity index is 745. The summed E-state index contributed by atoms with van der Waals surface area (Å²) in [5.41, 5.74) is 2.36. The molecule has 0 fully saturated rings. The number of nitrogens with one attached hydrogen (secondary N) is 1. The predicted molar refractivity (Wildman–Crippen MR) is 92.8 cm³/mol. The highest BCUT2D eigenvalue weighted by Crippen LogP contribution is 2.26. The van der Waals surface area contributed by atoms with E-state index in [1.807, 2.05) is 12.3 Å². The van der Waals surface area contributed by atoms with Crippen LogP contribution in [0.2, 0.25) is 0 Å². The SMILES string of the molecule is CC(C)NCc1cn(Cc2sccc2Br)c2ncccc12. The van der Waals surface area contributed by atoms with Crippen LogP contribution in [0.1, 0.15) is 24.3 Å². The minimum Gasteiger partial charge on any atom is -0.327 e. The van der Waals surface area contributed by atoms with Gasteiger partial charge in [0.25, 0.3) is 0 Å². The average molecular weight is 364 g/mol. The Morgan fingerprint density at radius 2 is 2.24 bits per heavy atom. The summed E-state index contributed by atoms with van der Waals surface area (Å²) in [4.78, 5) is 5.88. The van der Waals surface area contributed by atoms with E-state index in [1.165, 1.54) is 20.3 Å². The van der Waals surface area contributed by atoms with Crippen LogP contribution in [0, 0.1) is 0 Å². The lowest BCUT2D eigenvalue weighted by atomic mass is 10.2. The number of nitrogens with zero attached hydrogens (tertiary/aromatic N) is 2. The molecule has 0 bridgehead atoms. The maximum absolute atomic E-state index is 4.56. The number of hydrogen-bond donors (Lipinski definition) is 1. The van der Waals surface area contributed by atoms with Crippen LogP contribution in [-0.4, -0.2) is 15.6 Å². The summed E-state index contributed by atoms with van der Waals surface area (Å²) >= 11 is 5.38. The molecular weight excluding hydrogens is 346 g/mol. The van der Waals surface area contributed by atoms with Crippen molar-refractivity contribution in [2.45, 2.75) is 33.0 Å². The molecule has 3 heterocycles. The topological polar surface area (TPSA) is 29.9 Å². The first kappa shape index (κ1) is 14.8. The zero-order valence-corrected chi connectivity index (χ0v) is 14.5. The Labute approximate surface area is 137 Å². The molecule has 0 spiro atoms. The van der Waals surface area contributed by atoms with E-state index in [1.54, 1.807) is 11.3 Å². The summed E-state index contributed by atoms with van der Waals surface area (Å²) in [5.74, 6) is 0. The van der Waals surface area contributed by atoms with E-state index in [0.29, 0.717) is 6.04 Å². The van der Waals surface area contributed by atoms with Crippen LogP contribution in [-0.2, 0) is 13.1 Å². The van der Waals surface area contributed by atoms with Gasteiger partial charge in [-0.15, -0.1) is 11.3 Å². The van der Waals surface area contributed by atoms with Gasteiger partial charge in [-0.05, 0) is 45.1 Å². The molecule has 3 rings (SSSR count). The largest absolute Gasteiger partial charge is 0.327 e. The number of halogens is 1. The molecule has 110 valence electrons. The van der Waals surface area contributed by atoms with Crippen molar-refractivity contribution in [2.75, 3.05) is 0 Å². The Balaban J connectivity index is 1.96. The fraction of sp³-hybridized carbons (Fsp3) is 0.312. The molecule has 3 nitrogen and oxygen atoms in total. The van der Waals surface area contributed by atoms with E-state index in [-0.39, 0.29) is 0 Å². The lowest BCUT2D eigenvalue weighted by Gasteiger charge is -2.06. The molecule has 0 aliphatic rings. The molecule has 3 aromatic heterocycles. The van der Waals surface area contributed by atoms with Crippen molar-refractivity contribution in [1.29, 1.82) is 0 Å². The summed E-state index contributed by atoms with van der Waals surface area (Å²) in [6.45, 7) is 6.06. The number of hydrogen-bond acceptors (Lipinski definition) is 3. The summed E-state index contributed by atoms with van der Waals surface area (Å²) in [6.07, 6.45) is 4.08. The van der Waals surface area contributed by atoms with Crippen LogP contribution in [0.4, 0.5) is 0 Å². The molecule has 0 unspecified atom stereocenters. The molecule has 21 heavy (non-hydrogen) atoms. The van der Waals surface area contributed by atoms with E-state index >= 15 is 0 Å². The van der Waals surface area contributed by atoms with Gasteiger partial charge in [-0.1, -0.05) is 13.8 Å². The molecule has 1 N–H and O–H groups in total. The smallest absolute Gasteiger partial charge is 0.140 e. The van der Waals surface area contributed by atoms with Gasteiger partial charge < -0.3 is 9.88 Å². The monoisotopic (exact) mass is 363 g/mol. The van der Waals surface area contributed by atoms with Gasteiger partial charge in [0.2, 0.25) is 0 Å². The normalized spacial score (nSPS) is 11.6. The van der Waals surface area contributed by atoms with Crippen LogP contribution in [0.25, 0.3) is 11.0 Å². The standard InChI is InChI=1S/C16H18BrN3S/c1-11(2)19-8-12-9-20(10-15-14(17)5-7-21-15)16-13(12)4-3-6-18-16/h3-7,9,11,19H,8,10H2,1-2H3. The second-order valence-electron chi connectivity index (χ2n) is 5.38. The number of fused-ring (bicyclic) bond motifs is 1. The van der Waals surface area contributed by atoms with Crippen molar-refractivity contribution in [1.82, 2.24) is 14.9 Å². The Kier molecular flexibility index (Phi) is 4.42. The third kappa shape index (κ3) is 3.20. The van der Waals surface area contributed by atoms with Gasteiger partial charge >= 0.3 is 0 Å². The van der Waals surface area contributed by atoms with E-state index in [2.05, 4.69) is 68.4 Å². The average Bonchev–Trinajstić information content (AvgIpc) is 3.02. The first-order valence-corrected chi connectivity index (χ1v) is 8.70. The highest BCUT2D eigenvalue weighted by atomic mass is 79.9. The lowest BCUT2D eigenvalue weighted by Crippen LogP contribution is -2.21. The fourth-order valence-corrected chi connectivity index (χ4v) is 3.84. The molecule has 0 saturated carbocycles. The van der Waals surface area contributed by atoms with Gasteiger partial charge in [-0.2, -0.15) is 0 Å². The summed E-state index contributed by atoms with van der Waals surface area (Å²) < 4.78 is 3.41. The van der Waals surface area contributed by atoms with Crippen molar-refractivity contribution in [3.8, 4) is 0 Å². The van der Waals surface area contributed by atoms with E-state index in [0.717, 1.165) is 18.7 Å². The van der Waals surface area contributed by atoms with Gasteiger partial charge in [0, 0.05) is 39.7 Å². The summed E-state index contributed by atoms with van der Waals surface area (Å²) in [7, 11) is 0. The molecule has 0 atom stereocenters. The maximum Gasteiger partial charge on any atom is 0.140 e. The van der Waals surface area contributed by atoms with E-state index < -0.39 is 0 Å². The Morgan fingerprint density at radius 1 is 1.38 bits per heavy atom. The third-order valence-electron chi connectivity index (χ3n) is 3.42. The molecule has 0 amide bonds. The van der Waals surface area contributed by atoms with Crippen LogP contribution in [0.5, 0.6) is 0 Å². The maximum atomic E-state index is 4.56. The molecule has 0 saturated heterocycles. The highest BCUT2D eigenvalue weighted by Gasteiger charge is 2.11. The summed E-state index contributed by atoms with van der Waals surface area (Å²) in [6, 6.07) is 6.73. The van der Waals surface area contributed by atoms with Gasteiger partial charge in [-0.25, -0.2) is 4.98 Å². The molecule has 5 heteroatoms. The highest BCUT2D eigenvalue weighted by molar-refractivity contribution is 9.10. The second kappa shape index (κ2) is 6.30. The third-order valence-corrected chi connectivity index (χ3v) is 5.33. The summed E-state index contributed by atoms with van der Waals surface area (Å²) in [5, 5.41) is 6.84. The van der Waals surface area contributed by atoms with Gasteiger partial charge in [0.15, 0.2) is 0 Å². The van der Waals surface area contributed by atoms with Crippen LogP contribution >= 0.6 is 27.3 Å². The zero-order chi connectivity index (χ0) is 14.8. The van der Waals surface area contributed by atoms with Crippen LogP contribution < -0.4 is 5.32 Å². The van der Waals surface area contributed by atoms with Gasteiger partial charge in [-0.3, -0.25) is 0 Å². The second-order valence-corrected chi connectivity index (χ2v) is 7.24. The first-order valence-electron chi connectivity index (χ1n) is 7.03. The Morgan fingerprint density at radius 3 is 2.95 bits per heavy atom. The molecule has 0 radical (unpaired) electrons. The number of rotatable bonds is 5. The zero-order valence-electron chi connectivity index (χ0n) is 12.1. The predicted octanol–water partition coefficient (Wildman–Crippen LogP) is 4.41. The van der Waals surface area contributed by atoms with Crippen LogP contribution in [0.15, 0.2) is 40.4 Å². The minimum absolute atomic E-state index is 0.478.